The first-order valence-electron chi connectivity index (χ1n) is 8.86. The van der Waals surface area contributed by atoms with Crippen LogP contribution in [0.3, 0.4) is 0 Å². The molecule has 0 saturated heterocycles. The number of imidazole rings is 1. The van der Waals surface area contributed by atoms with E-state index in [1.54, 1.807) is 12.5 Å². The summed E-state index contributed by atoms with van der Waals surface area (Å²) in [6.07, 6.45) is 5.38. The van der Waals surface area contributed by atoms with Gasteiger partial charge in [-0.1, -0.05) is 42.5 Å². The maximum Gasteiger partial charge on any atom is 0.321 e. The van der Waals surface area contributed by atoms with Crippen molar-refractivity contribution in [3.05, 3.63) is 84.3 Å². The normalized spacial score (nSPS) is 11.8. The number of amides is 2. The lowest BCUT2D eigenvalue weighted by Crippen LogP contribution is -2.31. The van der Waals surface area contributed by atoms with Crippen LogP contribution in [0.4, 0.5) is 9.93 Å². The van der Waals surface area contributed by atoms with E-state index in [0.29, 0.717) is 5.13 Å². The topological polar surface area (TPSA) is 71.8 Å². The maximum absolute atomic E-state index is 12.3. The average Bonchev–Trinajstić information content (AvgIpc) is 3.41. The van der Waals surface area contributed by atoms with E-state index < -0.39 is 0 Å². The number of hydrogen-bond donors (Lipinski definition) is 2. The Morgan fingerprint density at radius 2 is 1.89 bits per heavy atom. The first kappa shape index (κ1) is 17.9. The summed E-state index contributed by atoms with van der Waals surface area (Å²) < 4.78 is 1.93. The van der Waals surface area contributed by atoms with E-state index in [4.69, 9.17) is 0 Å². The third-order valence-electron chi connectivity index (χ3n) is 4.34. The second-order valence-corrected chi connectivity index (χ2v) is 7.14. The van der Waals surface area contributed by atoms with Crippen LogP contribution in [0.25, 0.3) is 16.9 Å². The number of carbonyl (C=O) groups is 1. The lowest BCUT2D eigenvalue weighted by Gasteiger charge is -2.15. The maximum atomic E-state index is 12.3. The number of nitrogens with zero attached hydrogens (tertiary/aromatic N) is 3. The Morgan fingerprint density at radius 3 is 2.61 bits per heavy atom. The number of aromatic nitrogens is 3. The van der Waals surface area contributed by atoms with Crippen LogP contribution in [-0.4, -0.2) is 20.6 Å². The van der Waals surface area contributed by atoms with E-state index in [2.05, 4.69) is 20.6 Å². The SMILES string of the molecule is CC(NC(=O)Nc1nc(-c2ccccc2)cs1)c1ccc(-n2ccnc2)cc1. The molecular formula is C21H19N5OS. The Hall–Kier alpha value is -3.45. The van der Waals surface area contributed by atoms with Gasteiger partial charge in [0, 0.05) is 29.0 Å². The molecule has 1 atom stereocenters. The molecule has 0 aliphatic heterocycles. The van der Waals surface area contributed by atoms with Crippen molar-refractivity contribution in [2.24, 2.45) is 0 Å². The van der Waals surface area contributed by atoms with Crippen molar-refractivity contribution >= 4 is 22.5 Å². The van der Waals surface area contributed by atoms with Gasteiger partial charge in [-0.05, 0) is 24.6 Å². The van der Waals surface area contributed by atoms with Gasteiger partial charge in [0.2, 0.25) is 0 Å². The summed E-state index contributed by atoms with van der Waals surface area (Å²) in [6, 6.07) is 17.5. The molecule has 2 N–H and O–H groups in total. The van der Waals surface area contributed by atoms with Crippen LogP contribution in [0.1, 0.15) is 18.5 Å². The molecule has 2 aromatic carbocycles. The Bertz CT molecular complexity index is 1040. The number of anilines is 1. The third kappa shape index (κ3) is 4.10. The Labute approximate surface area is 166 Å². The van der Waals surface area contributed by atoms with Crippen molar-refractivity contribution in [1.29, 1.82) is 0 Å². The van der Waals surface area contributed by atoms with Crippen molar-refractivity contribution < 1.29 is 4.79 Å². The van der Waals surface area contributed by atoms with E-state index in [-0.39, 0.29) is 12.1 Å². The second-order valence-electron chi connectivity index (χ2n) is 6.29. The fourth-order valence-electron chi connectivity index (χ4n) is 2.83. The summed E-state index contributed by atoms with van der Waals surface area (Å²) in [6.45, 7) is 1.95. The first-order chi connectivity index (χ1) is 13.7. The predicted molar refractivity (Wildman–Crippen MR) is 112 cm³/mol. The van der Waals surface area contributed by atoms with E-state index >= 15 is 0 Å². The molecular weight excluding hydrogens is 370 g/mol. The van der Waals surface area contributed by atoms with Crippen LogP contribution in [0.2, 0.25) is 0 Å². The largest absolute Gasteiger partial charge is 0.331 e. The Morgan fingerprint density at radius 1 is 1.11 bits per heavy atom. The third-order valence-corrected chi connectivity index (χ3v) is 5.10. The number of benzene rings is 2. The number of rotatable bonds is 5. The van der Waals surface area contributed by atoms with Gasteiger partial charge in [-0.15, -0.1) is 11.3 Å². The van der Waals surface area contributed by atoms with E-state index in [1.165, 1.54) is 11.3 Å². The highest BCUT2D eigenvalue weighted by Gasteiger charge is 2.12. The summed E-state index contributed by atoms with van der Waals surface area (Å²) >= 11 is 1.40. The molecule has 6 nitrogen and oxygen atoms in total. The van der Waals surface area contributed by atoms with Gasteiger partial charge < -0.3 is 9.88 Å². The lowest BCUT2D eigenvalue weighted by atomic mass is 10.1. The van der Waals surface area contributed by atoms with E-state index in [1.807, 2.05) is 77.7 Å². The summed E-state index contributed by atoms with van der Waals surface area (Å²) in [5.41, 5.74) is 3.92. The fraction of sp³-hybridized carbons (Fsp3) is 0.0952. The van der Waals surface area contributed by atoms with Crippen LogP contribution in [0.5, 0.6) is 0 Å². The molecule has 7 heteroatoms. The van der Waals surface area contributed by atoms with Crippen LogP contribution >= 0.6 is 11.3 Å². The van der Waals surface area contributed by atoms with Gasteiger partial charge in [-0.3, -0.25) is 5.32 Å². The zero-order chi connectivity index (χ0) is 19.3. The lowest BCUT2D eigenvalue weighted by molar-refractivity contribution is 0.249. The molecule has 140 valence electrons. The van der Waals surface area contributed by atoms with Crippen molar-refractivity contribution in [2.75, 3.05) is 5.32 Å². The number of urea groups is 1. The fourth-order valence-corrected chi connectivity index (χ4v) is 3.55. The average molecular weight is 389 g/mol. The molecule has 1 unspecified atom stereocenters. The molecule has 0 bridgehead atoms. The van der Waals surface area contributed by atoms with Gasteiger partial charge in [0.05, 0.1) is 18.1 Å². The number of hydrogen-bond acceptors (Lipinski definition) is 4. The molecule has 2 amide bonds. The molecule has 4 rings (SSSR count). The summed E-state index contributed by atoms with van der Waals surface area (Å²) in [5.74, 6) is 0. The van der Waals surface area contributed by atoms with Crippen LogP contribution in [0.15, 0.2) is 78.7 Å². The molecule has 0 radical (unpaired) electrons. The van der Waals surface area contributed by atoms with E-state index in [9.17, 15) is 4.79 Å². The summed E-state index contributed by atoms with van der Waals surface area (Å²) in [4.78, 5) is 20.9. The summed E-state index contributed by atoms with van der Waals surface area (Å²) in [7, 11) is 0. The highest BCUT2D eigenvalue weighted by Crippen LogP contribution is 2.24. The molecule has 0 saturated carbocycles. The summed E-state index contributed by atoms with van der Waals surface area (Å²) in [5, 5.41) is 8.26. The standard InChI is InChI=1S/C21H19N5OS/c1-15(16-7-9-18(10-8-16)26-12-11-22-14-26)23-20(27)25-21-24-19(13-28-21)17-5-3-2-4-6-17/h2-15H,1H3,(H2,23,24,25,27). The van der Waals surface area contributed by atoms with Crippen molar-refractivity contribution in [1.82, 2.24) is 19.9 Å². The van der Waals surface area contributed by atoms with Crippen molar-refractivity contribution in [3.8, 4) is 16.9 Å². The minimum Gasteiger partial charge on any atom is -0.331 e. The zero-order valence-electron chi connectivity index (χ0n) is 15.2. The number of carbonyl (C=O) groups excluding carboxylic acids is 1. The molecule has 2 heterocycles. The Balaban J connectivity index is 1.36. The van der Waals surface area contributed by atoms with Gasteiger partial charge in [-0.2, -0.15) is 0 Å². The van der Waals surface area contributed by atoms with Gasteiger partial charge in [0.15, 0.2) is 5.13 Å². The predicted octanol–water partition coefficient (Wildman–Crippen LogP) is 4.88. The smallest absolute Gasteiger partial charge is 0.321 e. The van der Waals surface area contributed by atoms with Crippen molar-refractivity contribution in [2.45, 2.75) is 13.0 Å². The molecule has 2 aromatic heterocycles. The van der Waals surface area contributed by atoms with E-state index in [0.717, 1.165) is 22.5 Å². The number of thiazole rings is 1. The van der Waals surface area contributed by atoms with Gasteiger partial charge in [-0.25, -0.2) is 14.8 Å². The molecule has 0 fully saturated rings. The van der Waals surface area contributed by atoms with Crippen LogP contribution in [0, 0.1) is 0 Å². The molecule has 28 heavy (non-hydrogen) atoms. The highest BCUT2D eigenvalue weighted by molar-refractivity contribution is 7.14. The number of nitrogens with one attached hydrogen (secondary N) is 2. The van der Waals surface area contributed by atoms with Crippen LogP contribution < -0.4 is 10.6 Å². The Kier molecular flexibility index (Phi) is 5.16. The molecule has 4 aromatic rings. The monoisotopic (exact) mass is 389 g/mol. The first-order valence-corrected chi connectivity index (χ1v) is 9.74. The quantitative estimate of drug-likeness (QED) is 0.511. The molecule has 0 aliphatic rings. The highest BCUT2D eigenvalue weighted by atomic mass is 32.1. The minimum absolute atomic E-state index is 0.134. The molecule has 0 spiro atoms. The van der Waals surface area contributed by atoms with Gasteiger partial charge >= 0.3 is 6.03 Å². The molecule has 0 aliphatic carbocycles. The zero-order valence-corrected chi connectivity index (χ0v) is 16.1. The van der Waals surface area contributed by atoms with Gasteiger partial charge in [0.25, 0.3) is 0 Å². The van der Waals surface area contributed by atoms with Gasteiger partial charge in [0.1, 0.15) is 0 Å². The minimum atomic E-state index is -0.278. The van der Waals surface area contributed by atoms with Crippen molar-refractivity contribution in [3.63, 3.8) is 0 Å². The van der Waals surface area contributed by atoms with Crippen LogP contribution in [-0.2, 0) is 0 Å². The second kappa shape index (κ2) is 8.06.